The highest BCUT2D eigenvalue weighted by atomic mass is 16.2. The van der Waals surface area contributed by atoms with E-state index in [2.05, 4.69) is 22.7 Å². The van der Waals surface area contributed by atoms with Crippen molar-refractivity contribution in [3.8, 4) is 0 Å². The fourth-order valence-electron chi connectivity index (χ4n) is 0.475. The van der Waals surface area contributed by atoms with E-state index in [1.165, 1.54) is 0 Å². The van der Waals surface area contributed by atoms with Crippen molar-refractivity contribution in [2.75, 3.05) is 6.54 Å². The minimum absolute atomic E-state index is 0.0613. The molecule has 0 aromatic carbocycles. The molecule has 0 bridgehead atoms. The molecule has 1 rings (SSSR count). The maximum absolute atomic E-state index is 10.4. The first-order valence-corrected chi connectivity index (χ1v) is 2.26. The molecule has 0 aliphatic carbocycles. The van der Waals surface area contributed by atoms with Crippen molar-refractivity contribution in [3.63, 3.8) is 0 Å². The lowest BCUT2D eigenvalue weighted by Crippen LogP contribution is -2.50. The maximum Gasteiger partial charge on any atom is 0.241 e. The van der Waals surface area contributed by atoms with Crippen molar-refractivity contribution in [3.05, 3.63) is 12.4 Å². The van der Waals surface area contributed by atoms with Gasteiger partial charge >= 0.3 is 0 Å². The zero-order valence-electron chi connectivity index (χ0n) is 4.32. The van der Waals surface area contributed by atoms with Crippen LogP contribution in [-0.4, -0.2) is 12.5 Å². The molecule has 1 amide bonds. The third-order valence-electron chi connectivity index (χ3n) is 0.779. The molecule has 0 radical (unpaired) electrons. The predicted octanol–water partition coefficient (Wildman–Crippen LogP) is -1.32. The number of amides is 1. The number of nitrogens with one attached hydrogen (secondary N) is 3. The first-order chi connectivity index (χ1) is 3.79. The highest BCUT2D eigenvalue weighted by molar-refractivity contribution is 5.80. The average Bonchev–Trinajstić information content (AvgIpc) is 1.64. The highest BCUT2D eigenvalue weighted by Gasteiger charge is 2.06. The van der Waals surface area contributed by atoms with E-state index < -0.39 is 0 Å². The Labute approximate surface area is 46.9 Å². The molecule has 0 aromatic heterocycles. The Hall–Kier alpha value is -1.03. The van der Waals surface area contributed by atoms with E-state index in [0.717, 1.165) is 0 Å². The number of hydrogen-bond acceptors (Lipinski definition) is 3. The summed E-state index contributed by atoms with van der Waals surface area (Å²) in [5, 5.41) is 2.47. The van der Waals surface area contributed by atoms with Gasteiger partial charge in [0, 0.05) is 0 Å². The molecule has 0 spiro atoms. The quantitative estimate of drug-likeness (QED) is 0.365. The molecule has 8 heavy (non-hydrogen) atoms. The van der Waals surface area contributed by atoms with Gasteiger partial charge in [-0.3, -0.25) is 4.79 Å². The van der Waals surface area contributed by atoms with E-state index in [-0.39, 0.29) is 5.91 Å². The van der Waals surface area contributed by atoms with Gasteiger partial charge in [0.1, 0.15) is 5.82 Å². The Morgan fingerprint density at radius 1 is 1.62 bits per heavy atom. The fraction of sp³-hybridized carbons (Fsp3) is 0.250. The second-order valence-corrected chi connectivity index (χ2v) is 1.51. The smallest absolute Gasteiger partial charge is 0.241 e. The van der Waals surface area contributed by atoms with E-state index in [1.54, 1.807) is 0 Å². The number of carbonyl (C=O) groups is 1. The van der Waals surface area contributed by atoms with Gasteiger partial charge in [-0.05, 0) is 0 Å². The van der Waals surface area contributed by atoms with Crippen LogP contribution in [0.3, 0.4) is 0 Å². The molecule has 0 saturated carbocycles. The summed E-state index contributed by atoms with van der Waals surface area (Å²) in [7, 11) is 0. The lowest BCUT2D eigenvalue weighted by atomic mass is 10.5. The van der Waals surface area contributed by atoms with Crippen LogP contribution < -0.4 is 16.2 Å². The van der Waals surface area contributed by atoms with Crippen LogP contribution in [0.2, 0.25) is 0 Å². The van der Waals surface area contributed by atoms with Crippen molar-refractivity contribution in [1.29, 1.82) is 0 Å². The number of hydrogen-bond donors (Lipinski definition) is 3. The van der Waals surface area contributed by atoms with Gasteiger partial charge in [-0.15, -0.1) is 0 Å². The van der Waals surface area contributed by atoms with Crippen molar-refractivity contribution in [1.82, 2.24) is 16.2 Å². The SMILES string of the molecule is C=C1NNCC(=O)N1. The van der Waals surface area contributed by atoms with Gasteiger partial charge in [0.05, 0.1) is 6.54 Å². The van der Waals surface area contributed by atoms with E-state index >= 15 is 0 Å². The summed E-state index contributed by atoms with van der Waals surface area (Å²) in [6.07, 6.45) is 0. The molecule has 1 saturated heterocycles. The normalized spacial score (nSPS) is 19.5. The Balaban J connectivity index is 2.45. The molecule has 4 nitrogen and oxygen atoms in total. The molecule has 0 unspecified atom stereocenters. The van der Waals surface area contributed by atoms with Crippen LogP contribution >= 0.6 is 0 Å². The summed E-state index contributed by atoms with van der Waals surface area (Å²) in [5.74, 6) is 0.440. The predicted molar refractivity (Wildman–Crippen MR) is 28.4 cm³/mol. The maximum atomic E-state index is 10.4. The summed E-state index contributed by atoms with van der Waals surface area (Å²) in [4.78, 5) is 10.4. The molecule has 0 aromatic rings. The second kappa shape index (κ2) is 1.83. The van der Waals surface area contributed by atoms with Crippen LogP contribution in [-0.2, 0) is 4.79 Å². The van der Waals surface area contributed by atoms with Gasteiger partial charge in [-0.25, -0.2) is 5.43 Å². The summed E-state index contributed by atoms with van der Waals surface area (Å²) >= 11 is 0. The molecule has 4 heteroatoms. The van der Waals surface area contributed by atoms with Crippen LogP contribution in [0, 0.1) is 0 Å². The molecular weight excluding hydrogens is 106 g/mol. The number of carbonyl (C=O) groups excluding carboxylic acids is 1. The van der Waals surface area contributed by atoms with Crippen LogP contribution in [0.25, 0.3) is 0 Å². The summed E-state index contributed by atoms with van der Waals surface area (Å²) < 4.78 is 0. The van der Waals surface area contributed by atoms with Crippen LogP contribution in [0.1, 0.15) is 0 Å². The molecule has 1 heterocycles. The molecule has 1 aliphatic heterocycles. The zero-order chi connectivity index (χ0) is 5.98. The van der Waals surface area contributed by atoms with Crippen molar-refractivity contribution >= 4 is 5.91 Å². The van der Waals surface area contributed by atoms with Crippen LogP contribution in [0.4, 0.5) is 0 Å². The topological polar surface area (TPSA) is 53.2 Å². The Morgan fingerprint density at radius 3 is 2.75 bits per heavy atom. The summed E-state index contributed by atoms with van der Waals surface area (Å²) in [5.41, 5.74) is 5.26. The first kappa shape index (κ1) is 5.11. The summed E-state index contributed by atoms with van der Waals surface area (Å²) in [6, 6.07) is 0. The zero-order valence-corrected chi connectivity index (χ0v) is 4.32. The van der Waals surface area contributed by atoms with E-state index in [0.29, 0.717) is 12.4 Å². The van der Waals surface area contributed by atoms with Crippen LogP contribution in [0.15, 0.2) is 12.4 Å². The van der Waals surface area contributed by atoms with E-state index in [4.69, 9.17) is 0 Å². The molecule has 3 N–H and O–H groups in total. The van der Waals surface area contributed by atoms with Crippen molar-refractivity contribution < 1.29 is 4.79 Å². The molecular formula is C4H7N3O. The monoisotopic (exact) mass is 113 g/mol. The minimum Gasteiger partial charge on any atom is -0.311 e. The number of hydrazine groups is 1. The fourth-order valence-corrected chi connectivity index (χ4v) is 0.475. The second-order valence-electron chi connectivity index (χ2n) is 1.51. The molecule has 1 fully saturated rings. The molecule has 0 atom stereocenters. The molecule has 1 aliphatic rings. The van der Waals surface area contributed by atoms with E-state index in [1.807, 2.05) is 0 Å². The van der Waals surface area contributed by atoms with Crippen molar-refractivity contribution in [2.45, 2.75) is 0 Å². The van der Waals surface area contributed by atoms with Gasteiger partial charge in [0.15, 0.2) is 0 Å². The van der Waals surface area contributed by atoms with Gasteiger partial charge in [-0.1, -0.05) is 6.58 Å². The lowest BCUT2D eigenvalue weighted by molar-refractivity contribution is -0.120. The van der Waals surface area contributed by atoms with E-state index in [9.17, 15) is 4.79 Å². The third kappa shape index (κ3) is 0.974. The van der Waals surface area contributed by atoms with Gasteiger partial charge in [0.2, 0.25) is 5.91 Å². The van der Waals surface area contributed by atoms with Gasteiger partial charge in [-0.2, -0.15) is 0 Å². The minimum atomic E-state index is -0.0613. The first-order valence-electron chi connectivity index (χ1n) is 2.26. The molecule has 44 valence electrons. The Bertz CT molecular complexity index is 117. The Kier molecular flexibility index (Phi) is 1.17. The summed E-state index contributed by atoms with van der Waals surface area (Å²) in [6.45, 7) is 3.76. The Morgan fingerprint density at radius 2 is 2.38 bits per heavy atom. The van der Waals surface area contributed by atoms with Gasteiger partial charge < -0.3 is 10.7 Å². The highest BCUT2D eigenvalue weighted by Crippen LogP contribution is 1.78. The average molecular weight is 113 g/mol. The largest absolute Gasteiger partial charge is 0.311 e. The van der Waals surface area contributed by atoms with Crippen LogP contribution in [0.5, 0.6) is 0 Å². The van der Waals surface area contributed by atoms with Gasteiger partial charge in [0.25, 0.3) is 0 Å². The van der Waals surface area contributed by atoms with Crippen molar-refractivity contribution in [2.24, 2.45) is 0 Å². The standard InChI is InChI=1S/C4H7N3O/c1-3-6-4(8)2-5-7-3/h5,7H,1-2H2,(H,6,8). The lowest BCUT2D eigenvalue weighted by Gasteiger charge is -2.16. The number of rotatable bonds is 0. The third-order valence-corrected chi connectivity index (χ3v) is 0.779.